The van der Waals surface area contributed by atoms with Gasteiger partial charge in [-0.05, 0) is 36.5 Å². The van der Waals surface area contributed by atoms with Crippen molar-refractivity contribution in [2.45, 2.75) is 39.5 Å². The molecule has 1 aromatic rings. The highest BCUT2D eigenvalue weighted by molar-refractivity contribution is 6.04. The summed E-state index contributed by atoms with van der Waals surface area (Å²) in [6, 6.07) is 5.56. The zero-order valence-electron chi connectivity index (χ0n) is 16.0. The van der Waals surface area contributed by atoms with Gasteiger partial charge < -0.3 is 19.5 Å². The van der Waals surface area contributed by atoms with E-state index in [1.54, 1.807) is 0 Å². The van der Waals surface area contributed by atoms with Gasteiger partial charge in [0.05, 0.1) is 12.7 Å². The SMILES string of the molecule is COC(=O)C1=C(C)NC2=C(C(=O)CC(C)(C)C2)C1c1ccc2c(c1)OCO2. The molecule has 4 rings (SSSR count). The molecule has 6 heteroatoms. The fraction of sp³-hybridized carbons (Fsp3) is 0.429. The van der Waals surface area contributed by atoms with Crippen LogP contribution in [0.4, 0.5) is 0 Å². The second kappa shape index (κ2) is 6.15. The van der Waals surface area contributed by atoms with E-state index in [1.807, 2.05) is 25.1 Å². The molecule has 2 heterocycles. The molecule has 142 valence electrons. The van der Waals surface area contributed by atoms with E-state index in [2.05, 4.69) is 19.2 Å². The van der Waals surface area contributed by atoms with Crippen molar-refractivity contribution in [2.75, 3.05) is 13.9 Å². The molecule has 1 N–H and O–H groups in total. The number of Topliss-reactive ketones (excluding diaryl/α,β-unsaturated/α-hetero) is 1. The van der Waals surface area contributed by atoms with Crippen LogP contribution in [0.3, 0.4) is 0 Å². The maximum Gasteiger partial charge on any atom is 0.336 e. The van der Waals surface area contributed by atoms with Crippen molar-refractivity contribution in [3.05, 3.63) is 46.3 Å². The Morgan fingerprint density at radius 2 is 1.96 bits per heavy atom. The summed E-state index contributed by atoms with van der Waals surface area (Å²) >= 11 is 0. The average molecular weight is 369 g/mol. The van der Waals surface area contributed by atoms with Gasteiger partial charge in [-0.2, -0.15) is 0 Å². The van der Waals surface area contributed by atoms with Crippen molar-refractivity contribution in [3.63, 3.8) is 0 Å². The van der Waals surface area contributed by atoms with Crippen LogP contribution in [0.25, 0.3) is 0 Å². The van der Waals surface area contributed by atoms with Gasteiger partial charge in [-0.1, -0.05) is 19.9 Å². The normalized spacial score (nSPS) is 23.1. The van der Waals surface area contributed by atoms with Gasteiger partial charge in [0.2, 0.25) is 6.79 Å². The first kappa shape index (κ1) is 17.6. The number of hydrogen-bond donors (Lipinski definition) is 1. The molecule has 27 heavy (non-hydrogen) atoms. The molecular formula is C21H23NO5. The van der Waals surface area contributed by atoms with E-state index >= 15 is 0 Å². The maximum atomic E-state index is 13.1. The number of ketones is 1. The Kier molecular flexibility index (Phi) is 4.02. The van der Waals surface area contributed by atoms with Crippen LogP contribution in [-0.4, -0.2) is 25.7 Å². The Bertz CT molecular complexity index is 909. The zero-order chi connectivity index (χ0) is 19.3. The molecule has 0 saturated carbocycles. The maximum absolute atomic E-state index is 13.1. The van der Waals surface area contributed by atoms with Gasteiger partial charge in [0.25, 0.3) is 0 Å². The lowest BCUT2D eigenvalue weighted by Crippen LogP contribution is -2.38. The number of ether oxygens (including phenoxy) is 3. The number of allylic oxidation sites excluding steroid dienone is 3. The van der Waals surface area contributed by atoms with Gasteiger partial charge in [0.15, 0.2) is 17.3 Å². The number of esters is 1. The van der Waals surface area contributed by atoms with E-state index in [1.165, 1.54) is 7.11 Å². The number of benzene rings is 1. The summed E-state index contributed by atoms with van der Waals surface area (Å²) in [5, 5.41) is 3.30. The summed E-state index contributed by atoms with van der Waals surface area (Å²) < 4.78 is 15.9. The standard InChI is InChI=1S/C21H23NO5/c1-11-17(20(24)25-4)18(12-5-6-15-16(7-12)27-10-26-15)19-13(22-11)8-21(2,3)9-14(19)23/h5-7,18,22H,8-10H2,1-4H3. The molecule has 0 fully saturated rings. The highest BCUT2D eigenvalue weighted by Gasteiger charge is 2.43. The molecule has 3 aliphatic rings. The minimum atomic E-state index is -0.480. The van der Waals surface area contributed by atoms with E-state index in [0.717, 1.165) is 17.7 Å². The molecular weight excluding hydrogens is 346 g/mol. The van der Waals surface area contributed by atoms with Gasteiger partial charge in [0, 0.05) is 29.3 Å². The van der Waals surface area contributed by atoms with Crippen LogP contribution >= 0.6 is 0 Å². The monoisotopic (exact) mass is 369 g/mol. The fourth-order valence-corrected chi connectivity index (χ4v) is 4.24. The second-order valence-electron chi connectivity index (χ2n) is 8.03. The van der Waals surface area contributed by atoms with Crippen LogP contribution in [0.1, 0.15) is 45.1 Å². The number of hydrogen-bond acceptors (Lipinski definition) is 6. The first-order chi connectivity index (χ1) is 12.8. The molecule has 1 atom stereocenters. The molecule has 0 bridgehead atoms. The summed E-state index contributed by atoms with van der Waals surface area (Å²) in [4.78, 5) is 25.7. The van der Waals surface area contributed by atoms with E-state index in [-0.39, 0.29) is 18.0 Å². The predicted molar refractivity (Wildman–Crippen MR) is 98.2 cm³/mol. The van der Waals surface area contributed by atoms with Crippen molar-refractivity contribution >= 4 is 11.8 Å². The molecule has 0 amide bonds. The van der Waals surface area contributed by atoms with Gasteiger partial charge in [-0.25, -0.2) is 4.79 Å². The number of carbonyl (C=O) groups excluding carboxylic acids is 2. The Labute approximate surface area is 158 Å². The first-order valence-corrected chi connectivity index (χ1v) is 9.02. The topological polar surface area (TPSA) is 73.9 Å². The molecule has 2 aliphatic heterocycles. The third kappa shape index (κ3) is 2.89. The summed E-state index contributed by atoms with van der Waals surface area (Å²) in [7, 11) is 1.36. The minimum Gasteiger partial charge on any atom is -0.466 e. The van der Waals surface area contributed by atoms with Crippen LogP contribution in [0, 0.1) is 5.41 Å². The average Bonchev–Trinajstić information content (AvgIpc) is 3.06. The number of rotatable bonds is 2. The lowest BCUT2D eigenvalue weighted by Gasteiger charge is -2.39. The Balaban J connectivity index is 1.89. The highest BCUT2D eigenvalue weighted by atomic mass is 16.7. The molecule has 1 unspecified atom stereocenters. The number of dihydropyridines is 1. The molecule has 1 aliphatic carbocycles. The summed E-state index contributed by atoms with van der Waals surface area (Å²) in [5.74, 6) is 0.431. The van der Waals surface area contributed by atoms with Crippen LogP contribution < -0.4 is 14.8 Å². The zero-order valence-corrected chi connectivity index (χ0v) is 16.0. The predicted octanol–water partition coefficient (Wildman–Crippen LogP) is 3.19. The fourth-order valence-electron chi connectivity index (χ4n) is 4.24. The van der Waals surface area contributed by atoms with Gasteiger partial charge in [-0.15, -0.1) is 0 Å². The third-order valence-corrected chi connectivity index (χ3v) is 5.37. The largest absolute Gasteiger partial charge is 0.466 e. The van der Waals surface area contributed by atoms with Crippen molar-refractivity contribution in [2.24, 2.45) is 5.41 Å². The van der Waals surface area contributed by atoms with Crippen molar-refractivity contribution in [3.8, 4) is 11.5 Å². The van der Waals surface area contributed by atoms with E-state index in [0.29, 0.717) is 34.8 Å². The van der Waals surface area contributed by atoms with Crippen molar-refractivity contribution < 1.29 is 23.8 Å². The minimum absolute atomic E-state index is 0.0605. The van der Waals surface area contributed by atoms with Crippen molar-refractivity contribution in [1.29, 1.82) is 0 Å². The van der Waals surface area contributed by atoms with Gasteiger partial charge in [-0.3, -0.25) is 4.79 Å². The summed E-state index contributed by atoms with van der Waals surface area (Å²) in [5.41, 5.74) is 3.42. The van der Waals surface area contributed by atoms with Crippen LogP contribution in [0.15, 0.2) is 40.7 Å². The Hall–Kier alpha value is -2.76. The number of fused-ring (bicyclic) bond motifs is 1. The first-order valence-electron chi connectivity index (χ1n) is 9.02. The number of methoxy groups -OCH3 is 1. The van der Waals surface area contributed by atoms with Crippen LogP contribution in [0.2, 0.25) is 0 Å². The van der Waals surface area contributed by atoms with E-state index in [4.69, 9.17) is 14.2 Å². The van der Waals surface area contributed by atoms with Crippen LogP contribution in [-0.2, 0) is 14.3 Å². The number of nitrogens with one attached hydrogen (secondary N) is 1. The molecule has 0 saturated heterocycles. The lowest BCUT2D eigenvalue weighted by molar-refractivity contribution is -0.136. The summed E-state index contributed by atoms with van der Waals surface area (Å²) in [6.07, 6.45) is 1.20. The molecule has 0 aromatic heterocycles. The van der Waals surface area contributed by atoms with E-state index in [9.17, 15) is 9.59 Å². The highest BCUT2D eigenvalue weighted by Crippen LogP contribution is 2.48. The molecule has 0 spiro atoms. The summed E-state index contributed by atoms with van der Waals surface area (Å²) in [6.45, 7) is 6.19. The quantitative estimate of drug-likeness (QED) is 0.807. The number of carbonyl (C=O) groups is 2. The van der Waals surface area contributed by atoms with E-state index < -0.39 is 11.9 Å². The smallest absolute Gasteiger partial charge is 0.336 e. The lowest BCUT2D eigenvalue weighted by atomic mass is 9.68. The van der Waals surface area contributed by atoms with Crippen molar-refractivity contribution in [1.82, 2.24) is 5.32 Å². The van der Waals surface area contributed by atoms with Gasteiger partial charge >= 0.3 is 5.97 Å². The Morgan fingerprint density at radius 3 is 2.70 bits per heavy atom. The second-order valence-corrected chi connectivity index (χ2v) is 8.03. The van der Waals surface area contributed by atoms with Crippen LogP contribution in [0.5, 0.6) is 11.5 Å². The molecule has 1 aromatic carbocycles. The Morgan fingerprint density at radius 1 is 1.22 bits per heavy atom. The third-order valence-electron chi connectivity index (χ3n) is 5.37. The van der Waals surface area contributed by atoms with Gasteiger partial charge in [0.1, 0.15) is 0 Å². The molecule has 0 radical (unpaired) electrons. The molecule has 6 nitrogen and oxygen atoms in total.